The molecule has 0 spiro atoms. The third-order valence-electron chi connectivity index (χ3n) is 5.98. The van der Waals surface area contributed by atoms with E-state index in [2.05, 4.69) is 4.90 Å². The smallest absolute Gasteiger partial charge is 0.291 e. The molecule has 4 rings (SSSR count). The van der Waals surface area contributed by atoms with Crippen molar-refractivity contribution in [3.8, 4) is 0 Å². The van der Waals surface area contributed by atoms with Crippen LogP contribution in [0.4, 0.5) is 4.39 Å². The van der Waals surface area contributed by atoms with E-state index in [0.29, 0.717) is 30.9 Å². The van der Waals surface area contributed by atoms with E-state index in [1.165, 1.54) is 23.1 Å². The number of rotatable bonds is 6. The van der Waals surface area contributed by atoms with Gasteiger partial charge in [0.25, 0.3) is 5.91 Å². The number of benzene rings is 2. The van der Waals surface area contributed by atoms with E-state index in [1.807, 2.05) is 6.92 Å². The first-order valence-electron chi connectivity index (χ1n) is 10.5. The summed E-state index contributed by atoms with van der Waals surface area (Å²) in [7, 11) is 0. The van der Waals surface area contributed by atoms with Crippen molar-refractivity contribution < 1.29 is 23.5 Å². The Labute approximate surface area is 180 Å². The van der Waals surface area contributed by atoms with Crippen molar-refractivity contribution in [3.63, 3.8) is 0 Å². The number of aryl methyl sites for hydroxylation is 1. The minimum atomic E-state index is -1.19. The van der Waals surface area contributed by atoms with Crippen molar-refractivity contribution in [1.82, 2.24) is 9.80 Å². The molecule has 2 fully saturated rings. The zero-order valence-electron chi connectivity index (χ0n) is 17.4. The zero-order chi connectivity index (χ0) is 22.0. The molecule has 2 aliphatic heterocycles. The summed E-state index contributed by atoms with van der Waals surface area (Å²) in [6.07, 6.45) is 0. The summed E-state index contributed by atoms with van der Waals surface area (Å²) >= 11 is 0. The van der Waals surface area contributed by atoms with Crippen molar-refractivity contribution >= 4 is 17.5 Å². The fourth-order valence-corrected chi connectivity index (χ4v) is 4.26. The number of Topliss-reactive ketones (excluding diaryl/α,β-unsaturated/α-hetero) is 2. The summed E-state index contributed by atoms with van der Waals surface area (Å²) in [6.45, 7) is 5.46. The average Bonchev–Trinajstić information content (AvgIpc) is 3.03. The Kier molecular flexibility index (Phi) is 6.25. The summed E-state index contributed by atoms with van der Waals surface area (Å²) < 4.78 is 19.4. The van der Waals surface area contributed by atoms with Gasteiger partial charge in [-0.1, -0.05) is 42.0 Å². The molecule has 0 N–H and O–H groups in total. The number of ketones is 2. The van der Waals surface area contributed by atoms with E-state index in [-0.39, 0.29) is 6.54 Å². The van der Waals surface area contributed by atoms with Crippen LogP contribution in [0.5, 0.6) is 0 Å². The van der Waals surface area contributed by atoms with Gasteiger partial charge in [-0.05, 0) is 24.6 Å². The first-order valence-corrected chi connectivity index (χ1v) is 10.5. The van der Waals surface area contributed by atoms with Crippen LogP contribution in [0.1, 0.15) is 27.5 Å². The number of likely N-dealkylation sites (tertiary alicyclic amines) is 1. The van der Waals surface area contributed by atoms with Gasteiger partial charge in [0.15, 0.2) is 5.78 Å². The number of morpholine rings is 1. The van der Waals surface area contributed by atoms with Crippen molar-refractivity contribution in [2.45, 2.75) is 13.0 Å². The number of hydrogen-bond donors (Lipinski definition) is 0. The molecule has 0 bridgehead atoms. The molecule has 2 aromatic rings. The molecule has 2 heterocycles. The maximum Gasteiger partial charge on any atom is 0.291 e. The molecule has 31 heavy (non-hydrogen) atoms. The largest absolute Gasteiger partial charge is 0.379 e. The molecule has 2 aliphatic rings. The molecular weight excluding hydrogens is 399 g/mol. The lowest BCUT2D eigenvalue weighted by Crippen LogP contribution is -2.42. The van der Waals surface area contributed by atoms with Crippen molar-refractivity contribution in [3.05, 3.63) is 71.0 Å². The number of nitrogens with zero attached hydrogens (tertiary/aromatic N) is 2. The van der Waals surface area contributed by atoms with Crippen LogP contribution < -0.4 is 0 Å². The Morgan fingerprint density at radius 3 is 2.45 bits per heavy atom. The van der Waals surface area contributed by atoms with Gasteiger partial charge < -0.3 is 9.64 Å². The van der Waals surface area contributed by atoms with Crippen LogP contribution in [0.2, 0.25) is 0 Å². The summed E-state index contributed by atoms with van der Waals surface area (Å²) in [5.41, 5.74) is 1.80. The third-order valence-corrected chi connectivity index (χ3v) is 5.98. The Balaban J connectivity index is 1.66. The predicted octanol–water partition coefficient (Wildman–Crippen LogP) is 2.42. The second-order valence-corrected chi connectivity index (χ2v) is 8.02. The fraction of sp³-hybridized carbons (Fsp3) is 0.375. The maximum atomic E-state index is 14.0. The molecule has 162 valence electrons. The van der Waals surface area contributed by atoms with Gasteiger partial charge in [0.2, 0.25) is 5.78 Å². The molecule has 2 unspecified atom stereocenters. The van der Waals surface area contributed by atoms with Gasteiger partial charge in [-0.3, -0.25) is 19.3 Å². The highest BCUT2D eigenvalue weighted by molar-refractivity contribution is 6.44. The van der Waals surface area contributed by atoms with Crippen LogP contribution in [0.15, 0.2) is 48.5 Å². The molecule has 0 aliphatic carbocycles. The predicted molar refractivity (Wildman–Crippen MR) is 112 cm³/mol. The number of ether oxygens (including phenoxy) is 1. The quantitative estimate of drug-likeness (QED) is 0.405. The lowest BCUT2D eigenvalue weighted by atomic mass is 9.86. The summed E-state index contributed by atoms with van der Waals surface area (Å²) in [6, 6.07) is 11.9. The van der Waals surface area contributed by atoms with Crippen LogP contribution in [-0.2, 0) is 14.3 Å². The van der Waals surface area contributed by atoms with E-state index < -0.39 is 35.3 Å². The van der Waals surface area contributed by atoms with Gasteiger partial charge in [-0.2, -0.15) is 0 Å². The molecule has 0 saturated carbocycles. The first-order chi connectivity index (χ1) is 15.0. The third kappa shape index (κ3) is 4.43. The number of carbonyl (C=O) groups excluding carboxylic acids is 3. The SMILES string of the molecule is Cc1ccc(C(=O)C2C(=O)C(=O)N(CCN3CCOCC3)C2c2cccc(F)c2)cc1. The minimum Gasteiger partial charge on any atom is -0.379 e. The summed E-state index contributed by atoms with van der Waals surface area (Å²) in [4.78, 5) is 42.8. The molecule has 0 radical (unpaired) electrons. The molecule has 2 saturated heterocycles. The van der Waals surface area contributed by atoms with E-state index >= 15 is 0 Å². The van der Waals surface area contributed by atoms with Gasteiger partial charge >= 0.3 is 0 Å². The maximum absolute atomic E-state index is 14.0. The normalized spacial score (nSPS) is 22.2. The molecule has 2 atom stereocenters. The average molecular weight is 424 g/mol. The van der Waals surface area contributed by atoms with Crippen molar-refractivity contribution in [2.75, 3.05) is 39.4 Å². The summed E-state index contributed by atoms with van der Waals surface area (Å²) in [5, 5.41) is 0. The molecule has 1 amide bonds. The monoisotopic (exact) mass is 424 g/mol. The van der Waals surface area contributed by atoms with E-state index in [9.17, 15) is 18.8 Å². The standard InChI is InChI=1S/C24H25FN2O4/c1-16-5-7-17(8-6-16)22(28)20-21(18-3-2-4-19(25)15-18)27(24(30)23(20)29)10-9-26-11-13-31-14-12-26/h2-8,15,20-21H,9-14H2,1H3. The van der Waals surface area contributed by atoms with Gasteiger partial charge in [0.05, 0.1) is 19.3 Å². The van der Waals surface area contributed by atoms with Crippen molar-refractivity contribution in [2.24, 2.45) is 5.92 Å². The van der Waals surface area contributed by atoms with Crippen LogP contribution in [0.3, 0.4) is 0 Å². The van der Waals surface area contributed by atoms with Crippen LogP contribution in [0, 0.1) is 18.7 Å². The lowest BCUT2D eigenvalue weighted by molar-refractivity contribution is -0.141. The molecule has 2 aromatic carbocycles. The molecule has 6 nitrogen and oxygen atoms in total. The van der Waals surface area contributed by atoms with Gasteiger partial charge in [0, 0.05) is 31.7 Å². The van der Waals surface area contributed by atoms with Crippen LogP contribution in [-0.4, -0.2) is 66.7 Å². The first kappa shape index (κ1) is 21.3. The van der Waals surface area contributed by atoms with Gasteiger partial charge in [-0.25, -0.2) is 4.39 Å². The molecule has 0 aromatic heterocycles. The number of amides is 1. The number of hydrogen-bond acceptors (Lipinski definition) is 5. The van der Waals surface area contributed by atoms with Crippen LogP contribution >= 0.6 is 0 Å². The second kappa shape index (κ2) is 9.08. The molecule has 7 heteroatoms. The molecular formula is C24H25FN2O4. The fourth-order valence-electron chi connectivity index (χ4n) is 4.26. The number of halogens is 1. The second-order valence-electron chi connectivity index (χ2n) is 8.02. The van der Waals surface area contributed by atoms with E-state index in [0.717, 1.165) is 18.7 Å². The number of carbonyl (C=O) groups is 3. The zero-order valence-corrected chi connectivity index (χ0v) is 17.4. The highest BCUT2D eigenvalue weighted by Crippen LogP contribution is 2.38. The highest BCUT2D eigenvalue weighted by atomic mass is 19.1. The summed E-state index contributed by atoms with van der Waals surface area (Å²) in [5.74, 6) is -3.50. The van der Waals surface area contributed by atoms with E-state index in [1.54, 1.807) is 30.3 Å². The van der Waals surface area contributed by atoms with Crippen LogP contribution in [0.25, 0.3) is 0 Å². The van der Waals surface area contributed by atoms with Gasteiger partial charge in [-0.15, -0.1) is 0 Å². The minimum absolute atomic E-state index is 0.281. The highest BCUT2D eigenvalue weighted by Gasteiger charge is 2.51. The topological polar surface area (TPSA) is 66.9 Å². The Hall–Kier alpha value is -2.90. The van der Waals surface area contributed by atoms with Crippen molar-refractivity contribution in [1.29, 1.82) is 0 Å². The Morgan fingerprint density at radius 1 is 1.06 bits per heavy atom. The van der Waals surface area contributed by atoms with E-state index in [4.69, 9.17) is 4.74 Å². The van der Waals surface area contributed by atoms with Gasteiger partial charge in [0.1, 0.15) is 11.7 Å². The lowest BCUT2D eigenvalue weighted by Gasteiger charge is -2.31. The Morgan fingerprint density at radius 2 is 1.77 bits per heavy atom. The Bertz CT molecular complexity index is 985.